The SMILES string of the molecule is O=[N+]([O-])c1ccc(Cl)c(NC(=S)NNc2ccccc2C(F)(F)F)c1. The number of alkyl halides is 3. The van der Waals surface area contributed by atoms with Gasteiger partial charge in [-0.2, -0.15) is 13.2 Å². The maximum atomic E-state index is 12.9. The number of nitro benzene ring substituents is 1. The van der Waals surface area contributed by atoms with Crippen molar-refractivity contribution < 1.29 is 18.1 Å². The Labute approximate surface area is 150 Å². The Morgan fingerprint density at radius 1 is 1.16 bits per heavy atom. The molecular formula is C14H10ClF3N4O2S. The summed E-state index contributed by atoms with van der Waals surface area (Å²) < 4.78 is 38.7. The average molecular weight is 391 g/mol. The summed E-state index contributed by atoms with van der Waals surface area (Å²) in [6, 6.07) is 8.48. The number of nitrogens with zero attached hydrogens (tertiary/aromatic N) is 1. The lowest BCUT2D eigenvalue weighted by molar-refractivity contribution is -0.384. The fourth-order valence-corrected chi connectivity index (χ4v) is 2.17. The van der Waals surface area contributed by atoms with E-state index in [1.54, 1.807) is 0 Å². The molecule has 2 rings (SSSR count). The number of hydrogen-bond donors (Lipinski definition) is 3. The Morgan fingerprint density at radius 3 is 2.48 bits per heavy atom. The van der Waals surface area contributed by atoms with Gasteiger partial charge in [0.15, 0.2) is 5.11 Å². The standard InChI is InChI=1S/C14H10ClF3N4O2S/c15-10-6-5-8(22(23)24)7-12(10)19-13(25)21-20-11-4-2-1-3-9(11)14(16,17)18/h1-7,20H,(H2,19,21,25). The van der Waals surface area contributed by atoms with Gasteiger partial charge in [0.05, 0.1) is 26.9 Å². The van der Waals surface area contributed by atoms with Crippen molar-refractivity contribution in [3.8, 4) is 0 Å². The fraction of sp³-hybridized carbons (Fsp3) is 0.0714. The molecule has 6 nitrogen and oxygen atoms in total. The number of para-hydroxylation sites is 1. The number of non-ortho nitro benzene ring substituents is 1. The van der Waals surface area contributed by atoms with Crippen LogP contribution in [0, 0.1) is 10.1 Å². The van der Waals surface area contributed by atoms with Crippen LogP contribution in [0.3, 0.4) is 0 Å². The number of halogens is 4. The van der Waals surface area contributed by atoms with Crippen LogP contribution >= 0.6 is 23.8 Å². The molecule has 0 aliphatic carbocycles. The molecule has 2 aromatic carbocycles. The Bertz CT molecular complexity index is 817. The highest BCUT2D eigenvalue weighted by atomic mass is 35.5. The monoisotopic (exact) mass is 390 g/mol. The fourth-order valence-electron chi connectivity index (χ4n) is 1.84. The zero-order valence-electron chi connectivity index (χ0n) is 12.2. The molecule has 0 heterocycles. The van der Waals surface area contributed by atoms with Gasteiger partial charge in [0.25, 0.3) is 5.69 Å². The van der Waals surface area contributed by atoms with Gasteiger partial charge in [-0.15, -0.1) is 0 Å². The summed E-state index contributed by atoms with van der Waals surface area (Å²) in [7, 11) is 0. The number of benzene rings is 2. The second-order valence-corrected chi connectivity index (χ2v) is 5.48. The van der Waals surface area contributed by atoms with Crippen molar-refractivity contribution in [2.24, 2.45) is 0 Å². The van der Waals surface area contributed by atoms with E-state index < -0.39 is 16.7 Å². The molecular weight excluding hydrogens is 381 g/mol. The minimum atomic E-state index is -4.54. The Balaban J connectivity index is 2.08. The Hall–Kier alpha value is -2.59. The quantitative estimate of drug-likeness (QED) is 0.403. The number of thiocarbonyl (C=S) groups is 1. The van der Waals surface area contributed by atoms with Crippen molar-refractivity contribution in [2.45, 2.75) is 6.18 Å². The van der Waals surface area contributed by atoms with Gasteiger partial charge in [-0.3, -0.25) is 21.0 Å². The van der Waals surface area contributed by atoms with Crippen LogP contribution in [0.15, 0.2) is 42.5 Å². The topological polar surface area (TPSA) is 79.2 Å². The molecule has 11 heteroatoms. The van der Waals surface area contributed by atoms with Crippen molar-refractivity contribution in [3.63, 3.8) is 0 Å². The summed E-state index contributed by atoms with van der Waals surface area (Å²) in [5.41, 5.74) is 3.54. The molecule has 0 unspecified atom stereocenters. The van der Waals surface area contributed by atoms with Crippen LogP contribution in [0.2, 0.25) is 5.02 Å². The number of nitro groups is 1. The summed E-state index contributed by atoms with van der Waals surface area (Å²) in [6.07, 6.45) is -4.54. The number of anilines is 2. The van der Waals surface area contributed by atoms with E-state index in [1.807, 2.05) is 0 Å². The van der Waals surface area contributed by atoms with Crippen LogP contribution in [0.5, 0.6) is 0 Å². The Kier molecular flexibility index (Phi) is 5.65. The van der Waals surface area contributed by atoms with Gasteiger partial charge < -0.3 is 5.32 Å². The van der Waals surface area contributed by atoms with E-state index in [4.69, 9.17) is 23.8 Å². The third-order valence-electron chi connectivity index (χ3n) is 2.95. The van der Waals surface area contributed by atoms with Crippen molar-refractivity contribution >= 4 is 46.0 Å². The molecule has 132 valence electrons. The highest BCUT2D eigenvalue weighted by Crippen LogP contribution is 2.34. The first-order valence-corrected chi connectivity index (χ1v) is 7.40. The first kappa shape index (κ1) is 18.7. The van der Waals surface area contributed by atoms with Crippen LogP contribution < -0.4 is 16.2 Å². The summed E-state index contributed by atoms with van der Waals surface area (Å²) in [5.74, 6) is 0. The third kappa shape index (κ3) is 4.94. The van der Waals surface area contributed by atoms with Crippen LogP contribution in [0.1, 0.15) is 5.56 Å². The van der Waals surface area contributed by atoms with Crippen molar-refractivity contribution in [2.75, 3.05) is 10.7 Å². The van der Waals surface area contributed by atoms with Gasteiger partial charge in [-0.1, -0.05) is 23.7 Å². The van der Waals surface area contributed by atoms with Crippen LogP contribution in [0.25, 0.3) is 0 Å². The molecule has 25 heavy (non-hydrogen) atoms. The normalized spacial score (nSPS) is 10.9. The molecule has 0 radical (unpaired) electrons. The second kappa shape index (κ2) is 7.53. The molecule has 0 aliphatic heterocycles. The molecule has 0 spiro atoms. The minimum Gasteiger partial charge on any atom is -0.330 e. The first-order valence-electron chi connectivity index (χ1n) is 6.61. The molecule has 0 aromatic heterocycles. The van der Waals surface area contributed by atoms with E-state index in [-0.39, 0.29) is 27.2 Å². The summed E-state index contributed by atoms with van der Waals surface area (Å²) >= 11 is 10.9. The molecule has 0 bridgehead atoms. The van der Waals surface area contributed by atoms with E-state index in [2.05, 4.69) is 16.2 Å². The van der Waals surface area contributed by atoms with E-state index in [0.29, 0.717) is 0 Å². The van der Waals surface area contributed by atoms with Gasteiger partial charge in [0.2, 0.25) is 0 Å². The number of hydrogen-bond acceptors (Lipinski definition) is 4. The maximum Gasteiger partial charge on any atom is 0.418 e. The predicted octanol–water partition coefficient (Wildman–Crippen LogP) is 4.58. The molecule has 0 fully saturated rings. The predicted molar refractivity (Wildman–Crippen MR) is 92.5 cm³/mol. The van der Waals surface area contributed by atoms with Crippen molar-refractivity contribution in [3.05, 3.63) is 63.2 Å². The van der Waals surface area contributed by atoms with E-state index in [1.165, 1.54) is 30.3 Å². The first-order chi connectivity index (χ1) is 11.7. The van der Waals surface area contributed by atoms with E-state index in [0.717, 1.165) is 12.1 Å². The van der Waals surface area contributed by atoms with Crippen LogP contribution in [-0.2, 0) is 6.18 Å². The van der Waals surface area contributed by atoms with Gasteiger partial charge in [0.1, 0.15) is 0 Å². The lowest BCUT2D eigenvalue weighted by Crippen LogP contribution is -2.34. The summed E-state index contributed by atoms with van der Waals surface area (Å²) in [5, 5.41) is 13.4. The number of nitrogens with one attached hydrogen (secondary N) is 3. The molecule has 2 aromatic rings. The Morgan fingerprint density at radius 2 is 1.84 bits per heavy atom. The van der Waals surface area contributed by atoms with E-state index >= 15 is 0 Å². The van der Waals surface area contributed by atoms with Gasteiger partial charge in [-0.25, -0.2) is 0 Å². The lowest BCUT2D eigenvalue weighted by atomic mass is 10.2. The summed E-state index contributed by atoms with van der Waals surface area (Å²) in [4.78, 5) is 10.1. The van der Waals surface area contributed by atoms with Crippen molar-refractivity contribution in [1.29, 1.82) is 0 Å². The second-order valence-electron chi connectivity index (χ2n) is 4.67. The molecule has 0 atom stereocenters. The maximum absolute atomic E-state index is 12.9. The van der Waals surface area contributed by atoms with Gasteiger partial charge in [-0.05, 0) is 30.4 Å². The zero-order chi connectivity index (χ0) is 18.6. The highest BCUT2D eigenvalue weighted by Gasteiger charge is 2.33. The third-order valence-corrected chi connectivity index (χ3v) is 3.49. The molecule has 0 saturated heterocycles. The average Bonchev–Trinajstić information content (AvgIpc) is 2.54. The lowest BCUT2D eigenvalue weighted by Gasteiger charge is -2.17. The minimum absolute atomic E-state index is 0.126. The number of hydrazine groups is 1. The molecule has 3 N–H and O–H groups in total. The van der Waals surface area contributed by atoms with Crippen molar-refractivity contribution in [1.82, 2.24) is 5.43 Å². The number of rotatable bonds is 4. The van der Waals surface area contributed by atoms with Crippen LogP contribution in [-0.4, -0.2) is 10.0 Å². The van der Waals surface area contributed by atoms with Gasteiger partial charge in [0, 0.05) is 12.1 Å². The molecule has 0 amide bonds. The largest absolute Gasteiger partial charge is 0.418 e. The zero-order valence-corrected chi connectivity index (χ0v) is 13.8. The summed E-state index contributed by atoms with van der Waals surface area (Å²) in [6.45, 7) is 0. The van der Waals surface area contributed by atoms with E-state index in [9.17, 15) is 23.3 Å². The van der Waals surface area contributed by atoms with Gasteiger partial charge >= 0.3 is 6.18 Å². The smallest absolute Gasteiger partial charge is 0.330 e. The van der Waals surface area contributed by atoms with Crippen LogP contribution in [0.4, 0.5) is 30.2 Å². The molecule has 0 saturated carbocycles. The molecule has 0 aliphatic rings. The highest BCUT2D eigenvalue weighted by molar-refractivity contribution is 7.80.